The molecule has 17 heavy (non-hydrogen) atoms. The molecule has 1 aliphatic rings. The van der Waals surface area contributed by atoms with Crippen LogP contribution in [0.2, 0.25) is 0 Å². The van der Waals surface area contributed by atoms with Crippen LogP contribution < -0.4 is 22.3 Å². The zero-order valence-corrected chi connectivity index (χ0v) is 9.53. The van der Waals surface area contributed by atoms with Crippen molar-refractivity contribution in [2.24, 2.45) is 11.7 Å². The van der Waals surface area contributed by atoms with E-state index in [0.717, 1.165) is 19.3 Å². The van der Waals surface area contributed by atoms with Gasteiger partial charge in [-0.05, 0) is 25.3 Å². The Morgan fingerprint density at radius 2 is 2.12 bits per heavy atom. The van der Waals surface area contributed by atoms with Crippen LogP contribution in [0, 0.1) is 5.92 Å². The fraction of sp³-hybridized carbons (Fsp3) is 0.700. The Morgan fingerprint density at radius 3 is 2.82 bits per heavy atom. The average molecular weight is 239 g/mol. The number of hydrogen-bond acceptors (Lipinski definition) is 5. The summed E-state index contributed by atoms with van der Waals surface area (Å²) < 4.78 is 0. The van der Waals surface area contributed by atoms with Gasteiger partial charge in [-0.15, -0.1) is 5.10 Å². The van der Waals surface area contributed by atoms with Gasteiger partial charge in [-0.1, -0.05) is 12.8 Å². The molecule has 0 aromatic carbocycles. The van der Waals surface area contributed by atoms with E-state index in [9.17, 15) is 9.59 Å². The number of aromatic nitrogens is 3. The van der Waals surface area contributed by atoms with Crippen LogP contribution in [0.3, 0.4) is 0 Å². The second-order valence-electron chi connectivity index (χ2n) is 4.39. The minimum Gasteiger partial charge on any atom is -0.361 e. The molecule has 0 bridgehead atoms. The van der Waals surface area contributed by atoms with Gasteiger partial charge < -0.3 is 11.1 Å². The van der Waals surface area contributed by atoms with Crippen molar-refractivity contribution in [1.29, 1.82) is 0 Å². The van der Waals surface area contributed by atoms with Gasteiger partial charge in [0.15, 0.2) is 0 Å². The largest absolute Gasteiger partial charge is 0.361 e. The average Bonchev–Trinajstić information content (AvgIpc) is 2.33. The summed E-state index contributed by atoms with van der Waals surface area (Å²) in [5.74, 6) is 0.520. The van der Waals surface area contributed by atoms with Gasteiger partial charge in [0, 0.05) is 6.04 Å². The highest BCUT2D eigenvalue weighted by atomic mass is 16.2. The number of anilines is 1. The maximum atomic E-state index is 11.5. The van der Waals surface area contributed by atoms with E-state index in [-0.39, 0.29) is 11.9 Å². The van der Waals surface area contributed by atoms with Crippen molar-refractivity contribution in [2.75, 3.05) is 11.9 Å². The molecule has 1 aliphatic carbocycles. The number of rotatable bonds is 3. The van der Waals surface area contributed by atoms with E-state index in [0.29, 0.717) is 12.5 Å². The number of nitrogens with two attached hydrogens (primary N) is 1. The Balaban J connectivity index is 2.13. The molecule has 7 nitrogen and oxygen atoms in total. The van der Waals surface area contributed by atoms with Gasteiger partial charge >= 0.3 is 5.69 Å². The first kappa shape index (κ1) is 11.8. The summed E-state index contributed by atoms with van der Waals surface area (Å²) in [6, 6.07) is 0.160. The maximum Gasteiger partial charge on any atom is 0.342 e. The molecule has 1 heterocycles. The summed E-state index contributed by atoms with van der Waals surface area (Å²) in [6.45, 7) is 0.596. The van der Waals surface area contributed by atoms with Gasteiger partial charge in [0.25, 0.3) is 5.56 Å². The zero-order valence-electron chi connectivity index (χ0n) is 9.53. The van der Waals surface area contributed by atoms with Crippen molar-refractivity contribution in [1.82, 2.24) is 15.2 Å². The summed E-state index contributed by atoms with van der Waals surface area (Å²) in [5, 5.41) is 8.99. The van der Waals surface area contributed by atoms with E-state index in [1.165, 1.54) is 6.42 Å². The fourth-order valence-corrected chi connectivity index (χ4v) is 2.30. The number of nitrogens with one attached hydrogen (secondary N) is 3. The number of hydrogen-bond donors (Lipinski definition) is 4. The Bertz CT molecular complexity index is 480. The molecule has 2 unspecified atom stereocenters. The van der Waals surface area contributed by atoms with Crippen LogP contribution in [0.15, 0.2) is 9.59 Å². The minimum absolute atomic E-state index is 0.160. The van der Waals surface area contributed by atoms with E-state index in [1.807, 2.05) is 0 Å². The Kier molecular flexibility index (Phi) is 3.58. The normalized spacial score (nSPS) is 24.5. The molecule has 2 atom stereocenters. The predicted molar refractivity (Wildman–Crippen MR) is 63.9 cm³/mol. The summed E-state index contributed by atoms with van der Waals surface area (Å²) in [7, 11) is 0. The molecule has 2 rings (SSSR count). The Morgan fingerprint density at radius 1 is 1.35 bits per heavy atom. The molecule has 0 radical (unpaired) electrons. The quantitative estimate of drug-likeness (QED) is 0.561. The second kappa shape index (κ2) is 5.13. The lowest BCUT2D eigenvalue weighted by Crippen LogP contribution is -2.39. The molecular formula is C10H17N5O2. The summed E-state index contributed by atoms with van der Waals surface area (Å²) in [6.07, 6.45) is 4.34. The van der Waals surface area contributed by atoms with Crippen molar-refractivity contribution in [3.8, 4) is 0 Å². The van der Waals surface area contributed by atoms with E-state index in [4.69, 9.17) is 5.73 Å². The smallest absolute Gasteiger partial charge is 0.342 e. The molecule has 0 saturated heterocycles. The fourth-order valence-electron chi connectivity index (χ4n) is 2.30. The van der Waals surface area contributed by atoms with Gasteiger partial charge in [-0.2, -0.15) is 0 Å². The van der Waals surface area contributed by atoms with E-state index >= 15 is 0 Å². The first-order valence-corrected chi connectivity index (χ1v) is 5.86. The molecule has 1 aromatic rings. The molecule has 0 aliphatic heterocycles. The molecule has 7 heteroatoms. The number of H-pyrrole nitrogens is 2. The van der Waals surface area contributed by atoms with Crippen LogP contribution in [0.25, 0.3) is 0 Å². The highest BCUT2D eigenvalue weighted by Gasteiger charge is 2.24. The molecule has 0 amide bonds. The van der Waals surface area contributed by atoms with Crippen molar-refractivity contribution >= 4 is 5.82 Å². The van der Waals surface area contributed by atoms with Crippen LogP contribution in [-0.2, 0) is 0 Å². The molecule has 94 valence electrons. The summed E-state index contributed by atoms with van der Waals surface area (Å²) in [5.41, 5.74) is 4.62. The van der Waals surface area contributed by atoms with Crippen LogP contribution in [0.4, 0.5) is 5.82 Å². The zero-order chi connectivity index (χ0) is 12.3. The molecule has 1 saturated carbocycles. The minimum atomic E-state index is -0.598. The molecule has 1 fully saturated rings. The number of nitrogens with zero attached hydrogens (tertiary/aromatic N) is 1. The molecule has 0 spiro atoms. The first-order valence-electron chi connectivity index (χ1n) is 5.86. The molecule has 1 aromatic heterocycles. The molecule has 5 N–H and O–H groups in total. The lowest BCUT2D eigenvalue weighted by atomic mass is 9.84. The second-order valence-corrected chi connectivity index (χ2v) is 4.39. The summed E-state index contributed by atoms with van der Waals surface area (Å²) in [4.78, 5) is 24.4. The predicted octanol–water partition coefficient (Wildman–Crippen LogP) is -0.612. The van der Waals surface area contributed by atoms with Crippen LogP contribution >= 0.6 is 0 Å². The van der Waals surface area contributed by atoms with E-state index in [2.05, 4.69) is 20.5 Å². The Hall–Kier alpha value is -1.63. The maximum absolute atomic E-state index is 11.5. The summed E-state index contributed by atoms with van der Waals surface area (Å²) >= 11 is 0. The topological polar surface area (TPSA) is 117 Å². The first-order chi connectivity index (χ1) is 8.20. The van der Waals surface area contributed by atoms with Crippen molar-refractivity contribution in [3.05, 3.63) is 20.8 Å². The molecular weight excluding hydrogens is 222 g/mol. The van der Waals surface area contributed by atoms with Gasteiger partial charge in [0.2, 0.25) is 5.82 Å². The van der Waals surface area contributed by atoms with Crippen LogP contribution in [0.5, 0.6) is 0 Å². The van der Waals surface area contributed by atoms with Crippen molar-refractivity contribution in [3.63, 3.8) is 0 Å². The van der Waals surface area contributed by atoms with Crippen LogP contribution in [-0.4, -0.2) is 27.8 Å². The third-order valence-corrected chi connectivity index (χ3v) is 3.25. The van der Waals surface area contributed by atoms with Crippen molar-refractivity contribution in [2.45, 2.75) is 31.7 Å². The number of aromatic amines is 2. The van der Waals surface area contributed by atoms with Gasteiger partial charge in [0.05, 0.1) is 0 Å². The van der Waals surface area contributed by atoms with Gasteiger partial charge in [-0.3, -0.25) is 9.78 Å². The Labute approximate surface area is 97.8 Å². The highest BCUT2D eigenvalue weighted by molar-refractivity contribution is 5.30. The lowest BCUT2D eigenvalue weighted by Gasteiger charge is -2.31. The third kappa shape index (κ3) is 2.73. The lowest BCUT2D eigenvalue weighted by molar-refractivity contribution is 0.331. The van der Waals surface area contributed by atoms with Crippen molar-refractivity contribution < 1.29 is 0 Å². The van der Waals surface area contributed by atoms with E-state index < -0.39 is 11.2 Å². The van der Waals surface area contributed by atoms with Gasteiger partial charge in [0.1, 0.15) is 0 Å². The highest BCUT2D eigenvalue weighted by Crippen LogP contribution is 2.25. The van der Waals surface area contributed by atoms with Crippen LogP contribution in [0.1, 0.15) is 25.7 Å². The standard InChI is InChI=1S/C10H17N5O2/c11-5-6-3-1-2-4-7(6)12-8-9(16)13-10(17)15-14-8/h6-7H,1-5,11H2,(H,12,14)(H2,13,15,16,17). The SMILES string of the molecule is NCC1CCCCC1Nc1n[nH]c(=O)[nH]c1=O. The third-order valence-electron chi connectivity index (χ3n) is 3.25. The van der Waals surface area contributed by atoms with E-state index in [1.54, 1.807) is 0 Å². The monoisotopic (exact) mass is 239 g/mol. The van der Waals surface area contributed by atoms with Gasteiger partial charge in [-0.25, -0.2) is 9.89 Å².